The van der Waals surface area contributed by atoms with E-state index in [1.54, 1.807) is 0 Å². The van der Waals surface area contributed by atoms with Crippen molar-refractivity contribution < 1.29 is 11.7 Å². The lowest BCUT2D eigenvalue weighted by Gasteiger charge is -2.09. The van der Waals surface area contributed by atoms with Crippen LogP contribution in [-0.2, 0) is 13.4 Å². The van der Waals surface area contributed by atoms with E-state index in [0.29, 0.717) is 11.3 Å². The van der Waals surface area contributed by atoms with Gasteiger partial charge >= 0.3 is 0 Å². The first-order chi connectivity index (χ1) is 14.8. The average molecular weight is 384 g/mol. The number of hydrogen-bond donors (Lipinski definition) is 0. The number of furan rings is 1. The zero-order valence-electron chi connectivity index (χ0n) is 19.2. The van der Waals surface area contributed by atoms with Crippen LogP contribution >= 0.6 is 0 Å². The Labute approximate surface area is 173 Å². The normalized spacial score (nSPS) is 13.4. The highest BCUT2D eigenvalue weighted by atomic mass is 16.3. The highest BCUT2D eigenvalue weighted by Crippen LogP contribution is 2.37. The summed E-state index contributed by atoms with van der Waals surface area (Å²) >= 11 is 0. The molecule has 0 N–H and O–H groups in total. The van der Waals surface area contributed by atoms with Gasteiger partial charge in [-0.2, -0.15) is 0 Å². The zero-order valence-corrected chi connectivity index (χ0v) is 17.2. The number of hydrogen-bond acceptors (Lipinski definition) is 2. The van der Waals surface area contributed by atoms with Crippen molar-refractivity contribution in [1.82, 2.24) is 4.98 Å². The summed E-state index contributed by atoms with van der Waals surface area (Å²) in [7, 11) is 1.98. The molecule has 0 aliphatic rings. The second-order valence-corrected chi connectivity index (χ2v) is 7.98. The Morgan fingerprint density at radius 3 is 2.72 bits per heavy atom. The third-order valence-electron chi connectivity index (χ3n) is 5.41. The van der Waals surface area contributed by atoms with E-state index in [4.69, 9.17) is 12.1 Å². The van der Waals surface area contributed by atoms with Gasteiger partial charge in [0.15, 0.2) is 11.8 Å². The van der Waals surface area contributed by atoms with Gasteiger partial charge < -0.3 is 4.42 Å². The van der Waals surface area contributed by atoms with Gasteiger partial charge in [-0.05, 0) is 42.5 Å². The van der Waals surface area contributed by atoms with E-state index in [9.17, 15) is 0 Å². The summed E-state index contributed by atoms with van der Waals surface area (Å²) in [5.74, 6) is -0.132. The molecule has 3 heterocycles. The van der Waals surface area contributed by atoms with Crippen LogP contribution in [0.3, 0.4) is 0 Å². The Balaban J connectivity index is 1.83. The van der Waals surface area contributed by atoms with Gasteiger partial charge in [-0.1, -0.05) is 44.2 Å². The fraction of sp³-hybridized carbons (Fsp3) is 0.231. The molecule has 5 rings (SSSR count). The topological polar surface area (TPSA) is 29.9 Å². The van der Waals surface area contributed by atoms with E-state index in [0.717, 1.165) is 44.1 Å². The maximum Gasteiger partial charge on any atom is 0.227 e. The lowest BCUT2D eigenvalue weighted by molar-refractivity contribution is -0.660. The maximum atomic E-state index is 8.56. The highest BCUT2D eigenvalue weighted by Gasteiger charge is 2.21. The van der Waals surface area contributed by atoms with Crippen LogP contribution in [0.1, 0.15) is 27.7 Å². The monoisotopic (exact) mass is 383 g/mol. The third-order valence-corrected chi connectivity index (χ3v) is 5.41. The molecule has 3 heteroatoms. The van der Waals surface area contributed by atoms with E-state index in [-0.39, 0.29) is 5.92 Å². The molecule has 3 nitrogen and oxygen atoms in total. The van der Waals surface area contributed by atoms with E-state index in [2.05, 4.69) is 31.2 Å². The predicted molar refractivity (Wildman–Crippen MR) is 119 cm³/mol. The molecule has 0 atom stereocenters. The van der Waals surface area contributed by atoms with Crippen LogP contribution in [0, 0.1) is 12.8 Å². The lowest BCUT2D eigenvalue weighted by Crippen LogP contribution is -2.31. The minimum absolute atomic E-state index is 0.132. The molecule has 0 aliphatic carbocycles. The summed E-state index contributed by atoms with van der Waals surface area (Å²) in [4.78, 5) is 4.75. The molecular weight excluding hydrogens is 356 g/mol. The molecule has 0 amide bonds. The molecule has 29 heavy (non-hydrogen) atoms. The van der Waals surface area contributed by atoms with Gasteiger partial charge in [0, 0.05) is 31.0 Å². The number of aromatic nitrogens is 2. The zero-order chi connectivity index (χ0) is 21.9. The highest BCUT2D eigenvalue weighted by molar-refractivity contribution is 6.11. The molecule has 0 fully saturated rings. The van der Waals surface area contributed by atoms with Crippen LogP contribution in [0.25, 0.3) is 44.2 Å². The van der Waals surface area contributed by atoms with Gasteiger partial charge in [0.25, 0.3) is 0 Å². The fourth-order valence-electron chi connectivity index (χ4n) is 4.02. The van der Waals surface area contributed by atoms with Crippen LogP contribution in [0.5, 0.6) is 0 Å². The van der Waals surface area contributed by atoms with Gasteiger partial charge in [0.05, 0.1) is 11.1 Å². The van der Waals surface area contributed by atoms with Crippen LogP contribution in [-0.4, -0.2) is 4.98 Å². The van der Waals surface area contributed by atoms with Crippen LogP contribution < -0.4 is 4.57 Å². The van der Waals surface area contributed by atoms with Crippen molar-refractivity contribution in [2.75, 3.05) is 0 Å². The summed E-state index contributed by atoms with van der Waals surface area (Å²) in [5.41, 5.74) is 5.97. The molecule has 0 bridgehead atoms. The number of nitrogens with zero attached hydrogens (tertiary/aromatic N) is 2. The first-order valence-corrected chi connectivity index (χ1v) is 9.99. The van der Waals surface area contributed by atoms with E-state index in [1.807, 2.05) is 62.0 Å². The van der Waals surface area contributed by atoms with E-state index in [1.165, 1.54) is 0 Å². The fourth-order valence-corrected chi connectivity index (χ4v) is 4.02. The molecule has 0 saturated carbocycles. The van der Waals surface area contributed by atoms with Crippen LogP contribution in [0.4, 0.5) is 0 Å². The first-order valence-electron chi connectivity index (χ1n) is 11.0. The Hall–Kier alpha value is -3.20. The van der Waals surface area contributed by atoms with Crippen molar-refractivity contribution in [1.29, 1.82) is 0 Å². The van der Waals surface area contributed by atoms with Crippen molar-refractivity contribution in [3.63, 3.8) is 0 Å². The predicted octanol–water partition coefficient (Wildman–Crippen LogP) is 6.13. The Kier molecular flexibility index (Phi) is 3.62. The standard InChI is InChI=1S/C26H25N2O/c1-16(2)13-18-11-12-28(4)23(14-18)24-17(3)9-10-20-21-15-19-7-5-6-8-22(19)27-26(21)29-25(20)24/h5-12,14-16H,13H2,1-4H3/q+1/i13D2. The second-order valence-electron chi connectivity index (χ2n) is 7.98. The molecule has 0 unspecified atom stereocenters. The summed E-state index contributed by atoms with van der Waals surface area (Å²) in [5, 5.41) is 3.09. The number of benzene rings is 2. The summed E-state index contributed by atoms with van der Waals surface area (Å²) in [6.45, 7) is 5.89. The van der Waals surface area contributed by atoms with Crippen LogP contribution in [0.2, 0.25) is 0 Å². The van der Waals surface area contributed by atoms with E-state index >= 15 is 0 Å². The largest absolute Gasteiger partial charge is 0.437 e. The molecule has 0 aliphatic heterocycles. The molecule has 2 aromatic carbocycles. The molecule has 0 radical (unpaired) electrons. The number of pyridine rings is 2. The molecule has 3 aromatic heterocycles. The van der Waals surface area contributed by atoms with Gasteiger partial charge in [-0.15, -0.1) is 0 Å². The summed E-state index contributed by atoms with van der Waals surface area (Å²) in [6.07, 6.45) is 0.510. The molecule has 5 aromatic rings. The SMILES string of the molecule is [2H]C([2H])(c1cc[n+](C)c(-c2c(C)ccc3c2oc2nc4ccccc4cc23)c1)C(C)C. The van der Waals surface area contributed by atoms with Crippen molar-refractivity contribution in [2.24, 2.45) is 13.0 Å². The molecule has 0 saturated heterocycles. The first kappa shape index (κ1) is 15.7. The van der Waals surface area contributed by atoms with Crippen molar-refractivity contribution in [3.8, 4) is 11.3 Å². The summed E-state index contributed by atoms with van der Waals surface area (Å²) < 4.78 is 25.5. The van der Waals surface area contributed by atoms with Crippen LogP contribution in [0.15, 0.2) is 65.2 Å². The molecule has 0 spiro atoms. The van der Waals surface area contributed by atoms with Crippen molar-refractivity contribution >= 4 is 33.0 Å². The average Bonchev–Trinajstić information content (AvgIpc) is 3.09. The number of rotatable bonds is 3. The molecular formula is C26H25N2O+. The minimum Gasteiger partial charge on any atom is -0.437 e. The van der Waals surface area contributed by atoms with E-state index < -0.39 is 6.37 Å². The number of aryl methyl sites for hydroxylation is 2. The Morgan fingerprint density at radius 2 is 1.90 bits per heavy atom. The van der Waals surface area contributed by atoms with Crippen molar-refractivity contribution in [3.05, 3.63) is 71.9 Å². The van der Waals surface area contributed by atoms with Gasteiger partial charge in [-0.25, -0.2) is 9.55 Å². The molecule has 144 valence electrons. The number of para-hydroxylation sites is 1. The lowest BCUT2D eigenvalue weighted by atomic mass is 9.97. The van der Waals surface area contributed by atoms with Gasteiger partial charge in [0.1, 0.15) is 7.05 Å². The second kappa shape index (κ2) is 6.70. The third kappa shape index (κ3) is 2.98. The maximum absolute atomic E-state index is 8.56. The quantitative estimate of drug-likeness (QED) is 0.351. The minimum atomic E-state index is -1.42. The summed E-state index contributed by atoms with van der Waals surface area (Å²) in [6, 6.07) is 18.2. The Bertz CT molecular complexity index is 1470. The Morgan fingerprint density at radius 1 is 1.07 bits per heavy atom. The number of fused-ring (bicyclic) bond motifs is 4. The smallest absolute Gasteiger partial charge is 0.227 e. The van der Waals surface area contributed by atoms with Gasteiger partial charge in [0.2, 0.25) is 11.4 Å². The van der Waals surface area contributed by atoms with Crippen molar-refractivity contribution in [2.45, 2.75) is 27.1 Å². The van der Waals surface area contributed by atoms with Gasteiger partial charge in [-0.3, -0.25) is 0 Å².